The van der Waals surface area contributed by atoms with Gasteiger partial charge in [0.2, 0.25) is 5.91 Å². The Labute approximate surface area is 196 Å². The molecule has 0 fully saturated rings. The number of carbonyl (C=O) groups excluding carboxylic acids is 1. The molecule has 0 spiro atoms. The highest BCUT2D eigenvalue weighted by molar-refractivity contribution is 5.78. The molecule has 166 valence electrons. The third-order valence-corrected chi connectivity index (χ3v) is 5.34. The van der Waals surface area contributed by atoms with Crippen LogP contribution < -0.4 is 0 Å². The van der Waals surface area contributed by atoms with Gasteiger partial charge in [0.25, 0.3) is 0 Å². The zero-order chi connectivity index (χ0) is 23.5. The van der Waals surface area contributed by atoms with Crippen LogP contribution in [0.3, 0.4) is 0 Å². The largest absolute Gasteiger partial charge is 0.508 e. The van der Waals surface area contributed by atoms with E-state index >= 15 is 0 Å². The predicted molar refractivity (Wildman–Crippen MR) is 130 cm³/mol. The fourth-order valence-electron chi connectivity index (χ4n) is 3.43. The van der Waals surface area contributed by atoms with Gasteiger partial charge in [-0.15, -0.1) is 0 Å². The van der Waals surface area contributed by atoms with Gasteiger partial charge in [0, 0.05) is 24.2 Å². The lowest BCUT2D eigenvalue weighted by atomic mass is 10.1. The first-order chi connectivity index (χ1) is 16.1. The molecule has 0 aliphatic rings. The number of benzene rings is 3. The Morgan fingerprint density at radius 1 is 0.818 bits per heavy atom. The van der Waals surface area contributed by atoms with Crippen LogP contribution in [0.25, 0.3) is 0 Å². The van der Waals surface area contributed by atoms with Crippen LogP contribution in [0.1, 0.15) is 54.0 Å². The Morgan fingerprint density at radius 2 is 1.30 bits per heavy atom. The molecule has 4 nitrogen and oxygen atoms in total. The molecule has 0 heterocycles. The molecule has 1 amide bonds. The van der Waals surface area contributed by atoms with Crippen LogP contribution in [0.4, 0.5) is 0 Å². The average Bonchev–Trinajstić information content (AvgIpc) is 2.84. The van der Waals surface area contributed by atoms with E-state index in [1.165, 1.54) is 18.4 Å². The fourth-order valence-corrected chi connectivity index (χ4v) is 3.43. The van der Waals surface area contributed by atoms with Gasteiger partial charge in [-0.1, -0.05) is 61.6 Å². The maximum Gasteiger partial charge on any atom is 0.237 e. The standard InChI is InChI=1S/C29H28N2O2/c1-2-3-4-23-5-7-24(8-6-23)9-10-25-11-13-26(14-12-25)21-31(29(33)19-20-30)22-27-15-17-28(32)18-16-27/h5-8,11-18,32H,2-4,19,21-22H2,1H3. The average molecular weight is 437 g/mol. The number of hydrogen-bond acceptors (Lipinski definition) is 3. The third kappa shape index (κ3) is 7.56. The Kier molecular flexibility index (Phi) is 8.69. The molecule has 3 aromatic carbocycles. The Balaban J connectivity index is 1.66. The molecular formula is C29H28N2O2. The number of aromatic hydroxyl groups is 1. The molecule has 3 rings (SSSR count). The number of phenols is 1. The normalized spacial score (nSPS) is 10.1. The van der Waals surface area contributed by atoms with Crippen LogP contribution >= 0.6 is 0 Å². The monoisotopic (exact) mass is 436 g/mol. The van der Waals surface area contributed by atoms with Gasteiger partial charge in [-0.25, -0.2) is 0 Å². The molecule has 4 heteroatoms. The molecule has 0 atom stereocenters. The van der Waals surface area contributed by atoms with E-state index in [9.17, 15) is 9.90 Å². The minimum Gasteiger partial charge on any atom is -0.508 e. The van der Waals surface area contributed by atoms with Crippen molar-refractivity contribution < 1.29 is 9.90 Å². The molecule has 33 heavy (non-hydrogen) atoms. The number of unbranched alkanes of at least 4 members (excludes halogenated alkanes) is 1. The van der Waals surface area contributed by atoms with Crippen LogP contribution in [-0.2, 0) is 24.3 Å². The second-order valence-electron chi connectivity index (χ2n) is 8.00. The van der Waals surface area contributed by atoms with Gasteiger partial charge in [-0.2, -0.15) is 5.26 Å². The minimum atomic E-state index is -0.225. The van der Waals surface area contributed by atoms with Crippen molar-refractivity contribution in [3.63, 3.8) is 0 Å². The lowest BCUT2D eigenvalue weighted by molar-refractivity contribution is -0.131. The van der Waals surface area contributed by atoms with Crippen molar-refractivity contribution in [2.75, 3.05) is 0 Å². The first kappa shape index (κ1) is 23.6. The maximum absolute atomic E-state index is 12.5. The van der Waals surface area contributed by atoms with Crippen LogP contribution in [0.2, 0.25) is 0 Å². The van der Waals surface area contributed by atoms with Gasteiger partial charge in [-0.05, 0) is 65.9 Å². The van der Waals surface area contributed by atoms with Crippen LogP contribution in [0, 0.1) is 23.2 Å². The van der Waals surface area contributed by atoms with E-state index in [0.29, 0.717) is 13.1 Å². The number of amides is 1. The quantitative estimate of drug-likeness (QED) is 0.469. The first-order valence-corrected chi connectivity index (χ1v) is 11.2. The molecule has 3 aromatic rings. The maximum atomic E-state index is 12.5. The molecule has 0 unspecified atom stereocenters. The lowest BCUT2D eigenvalue weighted by Gasteiger charge is -2.22. The summed E-state index contributed by atoms with van der Waals surface area (Å²) < 4.78 is 0. The highest BCUT2D eigenvalue weighted by Crippen LogP contribution is 2.15. The van der Waals surface area contributed by atoms with Crippen molar-refractivity contribution in [2.45, 2.75) is 45.7 Å². The van der Waals surface area contributed by atoms with E-state index in [0.717, 1.165) is 28.7 Å². The number of aryl methyl sites for hydroxylation is 1. The van der Waals surface area contributed by atoms with E-state index in [1.807, 2.05) is 30.3 Å². The van der Waals surface area contributed by atoms with Gasteiger partial charge >= 0.3 is 0 Å². The van der Waals surface area contributed by atoms with Gasteiger partial charge in [-0.3, -0.25) is 4.79 Å². The summed E-state index contributed by atoms with van der Waals surface area (Å²) >= 11 is 0. The summed E-state index contributed by atoms with van der Waals surface area (Å²) in [5.74, 6) is 6.35. The molecule has 0 aromatic heterocycles. The van der Waals surface area contributed by atoms with E-state index in [4.69, 9.17) is 5.26 Å². The second kappa shape index (κ2) is 12.1. The molecule has 0 aliphatic carbocycles. The second-order valence-corrected chi connectivity index (χ2v) is 8.00. The molecule has 1 N–H and O–H groups in total. The highest BCUT2D eigenvalue weighted by Gasteiger charge is 2.14. The molecule has 0 aliphatic heterocycles. The third-order valence-electron chi connectivity index (χ3n) is 5.34. The van der Waals surface area contributed by atoms with Crippen molar-refractivity contribution in [3.05, 3.63) is 101 Å². The highest BCUT2D eigenvalue weighted by atomic mass is 16.3. The summed E-state index contributed by atoms with van der Waals surface area (Å²) in [5.41, 5.74) is 5.09. The SMILES string of the molecule is CCCCc1ccc(C#Cc2ccc(CN(Cc3ccc(O)cc3)C(=O)CC#N)cc2)cc1. The topological polar surface area (TPSA) is 64.3 Å². The number of carbonyl (C=O) groups is 1. The van der Waals surface area contributed by atoms with Crippen molar-refractivity contribution in [2.24, 2.45) is 0 Å². The van der Waals surface area contributed by atoms with Crippen molar-refractivity contribution >= 4 is 5.91 Å². The smallest absolute Gasteiger partial charge is 0.237 e. The first-order valence-electron chi connectivity index (χ1n) is 11.2. The van der Waals surface area contributed by atoms with Gasteiger partial charge in [0.1, 0.15) is 12.2 Å². The summed E-state index contributed by atoms with van der Waals surface area (Å²) in [4.78, 5) is 14.1. The van der Waals surface area contributed by atoms with Crippen LogP contribution in [0.5, 0.6) is 5.75 Å². The van der Waals surface area contributed by atoms with E-state index in [-0.39, 0.29) is 18.1 Å². The number of phenolic OH excluding ortho intramolecular Hbond substituents is 1. The van der Waals surface area contributed by atoms with Crippen LogP contribution in [-0.4, -0.2) is 15.9 Å². The fraction of sp³-hybridized carbons (Fsp3) is 0.241. The van der Waals surface area contributed by atoms with Crippen molar-refractivity contribution in [3.8, 4) is 23.7 Å². The van der Waals surface area contributed by atoms with E-state index in [1.54, 1.807) is 29.2 Å². The Bertz CT molecular complexity index is 1150. The molecule has 0 saturated heterocycles. The summed E-state index contributed by atoms with van der Waals surface area (Å²) in [6, 6.07) is 24.9. The molecular weight excluding hydrogens is 408 g/mol. The van der Waals surface area contributed by atoms with E-state index in [2.05, 4.69) is 43.0 Å². The lowest BCUT2D eigenvalue weighted by Crippen LogP contribution is -2.29. The summed E-state index contributed by atoms with van der Waals surface area (Å²) in [7, 11) is 0. The Hall–Kier alpha value is -4.02. The molecule has 0 bridgehead atoms. The van der Waals surface area contributed by atoms with Crippen molar-refractivity contribution in [1.82, 2.24) is 4.90 Å². The zero-order valence-corrected chi connectivity index (χ0v) is 18.9. The number of nitrogens with zero attached hydrogens (tertiary/aromatic N) is 2. The summed E-state index contributed by atoms with van der Waals surface area (Å²) in [6.45, 7) is 2.97. The summed E-state index contributed by atoms with van der Waals surface area (Å²) in [5, 5.41) is 18.4. The number of hydrogen-bond donors (Lipinski definition) is 1. The predicted octanol–water partition coefficient (Wildman–Crippen LogP) is 5.58. The minimum absolute atomic E-state index is 0.168. The van der Waals surface area contributed by atoms with Gasteiger partial charge < -0.3 is 10.0 Å². The Morgan fingerprint density at radius 3 is 1.79 bits per heavy atom. The summed E-state index contributed by atoms with van der Waals surface area (Å²) in [6.07, 6.45) is 3.33. The zero-order valence-electron chi connectivity index (χ0n) is 18.9. The van der Waals surface area contributed by atoms with E-state index < -0.39 is 0 Å². The van der Waals surface area contributed by atoms with Crippen LogP contribution in [0.15, 0.2) is 72.8 Å². The van der Waals surface area contributed by atoms with Gasteiger partial charge in [0.15, 0.2) is 0 Å². The number of rotatable bonds is 8. The molecule has 0 radical (unpaired) electrons. The van der Waals surface area contributed by atoms with Gasteiger partial charge in [0.05, 0.1) is 6.07 Å². The van der Waals surface area contributed by atoms with Crippen molar-refractivity contribution in [1.29, 1.82) is 5.26 Å². The molecule has 0 saturated carbocycles. The number of nitriles is 1.